The van der Waals surface area contributed by atoms with Gasteiger partial charge in [0.2, 0.25) is 0 Å². The van der Waals surface area contributed by atoms with Crippen molar-refractivity contribution in [2.24, 2.45) is 7.05 Å². The number of hydrogen-bond donors (Lipinski definition) is 1. The Morgan fingerprint density at radius 2 is 1.89 bits per heavy atom. The van der Waals surface area contributed by atoms with Crippen molar-refractivity contribution in [1.29, 1.82) is 0 Å². The van der Waals surface area contributed by atoms with Gasteiger partial charge in [0.1, 0.15) is 0 Å². The van der Waals surface area contributed by atoms with Crippen LogP contribution in [0.15, 0.2) is 36.7 Å². The second-order valence-corrected chi connectivity index (χ2v) is 4.59. The molecule has 18 heavy (non-hydrogen) atoms. The van der Waals surface area contributed by atoms with E-state index in [0.717, 1.165) is 25.8 Å². The van der Waals surface area contributed by atoms with E-state index in [2.05, 4.69) is 52.2 Å². The molecule has 3 nitrogen and oxygen atoms in total. The molecule has 0 amide bonds. The summed E-state index contributed by atoms with van der Waals surface area (Å²) in [7, 11) is 4.06. The minimum absolute atomic E-state index is 0.981. The van der Waals surface area contributed by atoms with E-state index in [1.165, 1.54) is 17.0 Å². The highest BCUT2D eigenvalue weighted by Crippen LogP contribution is 2.11. The third-order valence-corrected chi connectivity index (χ3v) is 3.25. The van der Waals surface area contributed by atoms with E-state index < -0.39 is 0 Å². The van der Waals surface area contributed by atoms with E-state index in [1.54, 1.807) is 0 Å². The first kappa shape index (κ1) is 12.8. The highest BCUT2D eigenvalue weighted by atomic mass is 15.0. The summed E-state index contributed by atoms with van der Waals surface area (Å²) in [5.74, 6) is 0. The second-order valence-electron chi connectivity index (χ2n) is 4.59. The van der Waals surface area contributed by atoms with Crippen LogP contribution < -0.4 is 5.32 Å². The van der Waals surface area contributed by atoms with Crippen molar-refractivity contribution in [2.75, 3.05) is 13.6 Å². The van der Waals surface area contributed by atoms with Crippen LogP contribution in [0.3, 0.4) is 0 Å². The second kappa shape index (κ2) is 6.36. The lowest BCUT2D eigenvalue weighted by Gasteiger charge is -2.06. The van der Waals surface area contributed by atoms with Crippen LogP contribution in [-0.2, 0) is 26.3 Å². The molecular formula is C15H21N3. The van der Waals surface area contributed by atoms with Gasteiger partial charge in [-0.2, -0.15) is 0 Å². The Hall–Kier alpha value is -1.61. The van der Waals surface area contributed by atoms with Crippen molar-refractivity contribution in [3.05, 3.63) is 53.6 Å². The zero-order valence-electron chi connectivity index (χ0n) is 11.2. The predicted octanol–water partition coefficient (Wildman–Crippen LogP) is 1.97. The van der Waals surface area contributed by atoms with Crippen molar-refractivity contribution >= 4 is 0 Å². The molecular weight excluding hydrogens is 222 g/mol. The Kier molecular flexibility index (Phi) is 4.53. The molecule has 0 unspecified atom stereocenters. The average Bonchev–Trinajstić information content (AvgIpc) is 2.76. The molecule has 3 heteroatoms. The maximum atomic E-state index is 4.49. The molecule has 0 aliphatic carbocycles. The number of rotatable bonds is 6. The highest BCUT2D eigenvalue weighted by Gasteiger charge is 2.08. The van der Waals surface area contributed by atoms with Gasteiger partial charge in [-0.3, -0.25) is 0 Å². The predicted molar refractivity (Wildman–Crippen MR) is 74.7 cm³/mol. The normalized spacial score (nSPS) is 10.8. The fourth-order valence-corrected chi connectivity index (χ4v) is 2.18. The van der Waals surface area contributed by atoms with Gasteiger partial charge < -0.3 is 9.88 Å². The van der Waals surface area contributed by atoms with Gasteiger partial charge in [-0.05, 0) is 25.5 Å². The Bertz CT molecular complexity index is 474. The fourth-order valence-electron chi connectivity index (χ4n) is 2.18. The van der Waals surface area contributed by atoms with E-state index in [4.69, 9.17) is 0 Å². The number of nitrogens with one attached hydrogen (secondary N) is 1. The number of aromatic nitrogens is 2. The number of hydrogen-bond acceptors (Lipinski definition) is 2. The van der Waals surface area contributed by atoms with Crippen LogP contribution in [-0.4, -0.2) is 23.1 Å². The van der Waals surface area contributed by atoms with Gasteiger partial charge in [-0.25, -0.2) is 4.98 Å². The zero-order chi connectivity index (χ0) is 12.8. The standard InChI is InChI=1S/C15H21N3/c1-16-11-10-14-15(18(2)12-17-14)9-8-13-6-4-3-5-7-13/h3-7,12,16H,8-11H2,1-2H3. The molecule has 2 aromatic rings. The molecule has 0 bridgehead atoms. The van der Waals surface area contributed by atoms with Crippen molar-refractivity contribution in [3.8, 4) is 0 Å². The van der Waals surface area contributed by atoms with Crippen LogP contribution in [0.25, 0.3) is 0 Å². The number of likely N-dealkylation sites (N-methyl/N-ethyl adjacent to an activating group) is 1. The van der Waals surface area contributed by atoms with Crippen LogP contribution >= 0.6 is 0 Å². The van der Waals surface area contributed by atoms with E-state index in [-0.39, 0.29) is 0 Å². The largest absolute Gasteiger partial charge is 0.337 e. The third kappa shape index (κ3) is 3.20. The smallest absolute Gasteiger partial charge is 0.0949 e. The molecule has 0 spiro atoms. The summed E-state index contributed by atoms with van der Waals surface area (Å²) < 4.78 is 2.15. The van der Waals surface area contributed by atoms with Crippen molar-refractivity contribution < 1.29 is 0 Å². The maximum Gasteiger partial charge on any atom is 0.0949 e. The summed E-state index contributed by atoms with van der Waals surface area (Å²) in [6.07, 6.45) is 5.05. The van der Waals surface area contributed by atoms with Crippen molar-refractivity contribution in [1.82, 2.24) is 14.9 Å². The van der Waals surface area contributed by atoms with Gasteiger partial charge in [0, 0.05) is 25.7 Å². The first-order valence-electron chi connectivity index (χ1n) is 6.49. The van der Waals surface area contributed by atoms with Crippen LogP contribution in [0, 0.1) is 0 Å². The van der Waals surface area contributed by atoms with Crippen LogP contribution in [0.1, 0.15) is 17.0 Å². The molecule has 0 saturated carbocycles. The Balaban J connectivity index is 2.02. The fraction of sp³-hybridized carbons (Fsp3) is 0.400. The number of imidazole rings is 1. The Morgan fingerprint density at radius 1 is 1.11 bits per heavy atom. The van der Waals surface area contributed by atoms with Gasteiger partial charge in [-0.15, -0.1) is 0 Å². The molecule has 1 aromatic carbocycles. The van der Waals surface area contributed by atoms with Gasteiger partial charge in [0.05, 0.1) is 12.0 Å². The molecule has 0 aliphatic rings. The van der Waals surface area contributed by atoms with Crippen molar-refractivity contribution in [3.63, 3.8) is 0 Å². The monoisotopic (exact) mass is 243 g/mol. The number of nitrogens with zero attached hydrogens (tertiary/aromatic N) is 2. The first-order chi connectivity index (χ1) is 8.81. The van der Waals surface area contributed by atoms with Crippen molar-refractivity contribution in [2.45, 2.75) is 19.3 Å². The molecule has 1 aromatic heterocycles. The Labute approximate surface area is 109 Å². The molecule has 0 fully saturated rings. The van der Waals surface area contributed by atoms with E-state index in [1.807, 2.05) is 13.4 Å². The maximum absolute atomic E-state index is 4.49. The van der Waals surface area contributed by atoms with Gasteiger partial charge in [0.25, 0.3) is 0 Å². The summed E-state index contributed by atoms with van der Waals surface area (Å²) >= 11 is 0. The molecule has 0 radical (unpaired) electrons. The van der Waals surface area contributed by atoms with Gasteiger partial charge in [-0.1, -0.05) is 30.3 Å². The lowest BCUT2D eigenvalue weighted by atomic mass is 10.1. The Morgan fingerprint density at radius 3 is 2.61 bits per heavy atom. The summed E-state index contributed by atoms with van der Waals surface area (Å²) in [5.41, 5.74) is 3.97. The van der Waals surface area contributed by atoms with Crippen LogP contribution in [0.5, 0.6) is 0 Å². The van der Waals surface area contributed by atoms with E-state index in [0.29, 0.717) is 0 Å². The van der Waals surface area contributed by atoms with E-state index in [9.17, 15) is 0 Å². The molecule has 1 heterocycles. The number of aryl methyl sites for hydroxylation is 2. The van der Waals surface area contributed by atoms with Crippen LogP contribution in [0.2, 0.25) is 0 Å². The third-order valence-electron chi connectivity index (χ3n) is 3.25. The minimum Gasteiger partial charge on any atom is -0.337 e. The summed E-state index contributed by atoms with van der Waals surface area (Å²) in [4.78, 5) is 4.49. The minimum atomic E-state index is 0.981. The molecule has 2 rings (SSSR count). The number of benzene rings is 1. The molecule has 0 saturated heterocycles. The molecule has 0 aliphatic heterocycles. The quantitative estimate of drug-likeness (QED) is 0.840. The van der Waals surface area contributed by atoms with Gasteiger partial charge >= 0.3 is 0 Å². The molecule has 96 valence electrons. The summed E-state index contributed by atoms with van der Waals surface area (Å²) in [5, 5.41) is 3.18. The molecule has 0 atom stereocenters. The SMILES string of the molecule is CNCCc1ncn(C)c1CCc1ccccc1. The first-order valence-corrected chi connectivity index (χ1v) is 6.49. The van der Waals surface area contributed by atoms with Crippen LogP contribution in [0.4, 0.5) is 0 Å². The lowest BCUT2D eigenvalue weighted by Crippen LogP contribution is -2.12. The average molecular weight is 243 g/mol. The summed E-state index contributed by atoms with van der Waals surface area (Å²) in [6.45, 7) is 0.981. The lowest BCUT2D eigenvalue weighted by molar-refractivity contribution is 0.749. The topological polar surface area (TPSA) is 29.9 Å². The summed E-state index contributed by atoms with van der Waals surface area (Å²) in [6, 6.07) is 10.6. The molecule has 1 N–H and O–H groups in total. The highest BCUT2D eigenvalue weighted by molar-refractivity contribution is 5.19. The zero-order valence-corrected chi connectivity index (χ0v) is 11.2. The van der Waals surface area contributed by atoms with E-state index >= 15 is 0 Å². The van der Waals surface area contributed by atoms with Gasteiger partial charge in [0.15, 0.2) is 0 Å².